The van der Waals surface area contributed by atoms with E-state index in [9.17, 15) is 4.79 Å². The Labute approximate surface area is 139 Å². The van der Waals surface area contributed by atoms with Crippen LogP contribution in [0.5, 0.6) is 11.5 Å². The summed E-state index contributed by atoms with van der Waals surface area (Å²) in [7, 11) is 1.56. The summed E-state index contributed by atoms with van der Waals surface area (Å²) in [5, 5.41) is 10.2. The molecule has 0 atom stereocenters. The smallest absolute Gasteiger partial charge is 0.293 e. The highest BCUT2D eigenvalue weighted by molar-refractivity contribution is 9.10. The monoisotopic (exact) mass is 384 g/mol. The summed E-state index contributed by atoms with van der Waals surface area (Å²) in [6, 6.07) is 3.55. The van der Waals surface area contributed by atoms with E-state index in [0.29, 0.717) is 23.7 Å². The summed E-state index contributed by atoms with van der Waals surface area (Å²) < 4.78 is 12.7. The second-order valence-electron chi connectivity index (χ2n) is 4.04. The van der Waals surface area contributed by atoms with Gasteiger partial charge in [0.1, 0.15) is 6.20 Å². The number of halogens is 1. The Kier molecular flexibility index (Phi) is 5.45. The van der Waals surface area contributed by atoms with E-state index in [0.717, 1.165) is 15.3 Å². The molecular formula is C13H13BrN4O3S. The van der Waals surface area contributed by atoms with Crippen molar-refractivity contribution in [3.05, 3.63) is 43.5 Å². The SMILES string of the molecule is CCOc1cc(/C=N\n2c(=O)cn[nH]c2=S)cc(Br)c1OC. The average molecular weight is 385 g/mol. The molecule has 0 saturated carbocycles. The Morgan fingerprint density at radius 1 is 1.55 bits per heavy atom. The van der Waals surface area contributed by atoms with Gasteiger partial charge in [-0.15, -0.1) is 0 Å². The zero-order valence-corrected chi connectivity index (χ0v) is 14.3. The van der Waals surface area contributed by atoms with Crippen LogP contribution < -0.4 is 15.0 Å². The number of nitrogens with zero attached hydrogens (tertiary/aromatic N) is 3. The van der Waals surface area contributed by atoms with Crippen LogP contribution in [0.25, 0.3) is 0 Å². The molecule has 7 nitrogen and oxygen atoms in total. The zero-order chi connectivity index (χ0) is 16.1. The summed E-state index contributed by atoms with van der Waals surface area (Å²) in [6.45, 7) is 2.38. The number of hydrogen-bond donors (Lipinski definition) is 1. The molecule has 0 radical (unpaired) electrons. The molecule has 1 heterocycles. The fourth-order valence-electron chi connectivity index (χ4n) is 1.70. The summed E-state index contributed by atoms with van der Waals surface area (Å²) in [6.07, 6.45) is 2.60. The summed E-state index contributed by atoms with van der Waals surface area (Å²) in [4.78, 5) is 11.6. The van der Waals surface area contributed by atoms with Crippen LogP contribution in [0.1, 0.15) is 12.5 Å². The van der Waals surface area contributed by atoms with Gasteiger partial charge in [0, 0.05) is 0 Å². The minimum atomic E-state index is -0.419. The molecule has 1 aromatic carbocycles. The van der Waals surface area contributed by atoms with Crippen LogP contribution in [0.3, 0.4) is 0 Å². The molecule has 0 fully saturated rings. The maximum atomic E-state index is 11.6. The summed E-state index contributed by atoms with van der Waals surface area (Å²) in [5.41, 5.74) is 0.298. The maximum Gasteiger partial charge on any atom is 0.293 e. The molecule has 1 N–H and O–H groups in total. The molecule has 22 heavy (non-hydrogen) atoms. The number of nitrogens with one attached hydrogen (secondary N) is 1. The molecule has 9 heteroatoms. The molecule has 0 aliphatic heterocycles. The van der Waals surface area contributed by atoms with Gasteiger partial charge in [-0.25, -0.2) is 0 Å². The third-order valence-corrected chi connectivity index (χ3v) is 3.45. The van der Waals surface area contributed by atoms with Crippen molar-refractivity contribution in [1.29, 1.82) is 0 Å². The Morgan fingerprint density at radius 3 is 2.95 bits per heavy atom. The van der Waals surface area contributed by atoms with Crippen LogP contribution >= 0.6 is 28.1 Å². The number of methoxy groups -OCH3 is 1. The van der Waals surface area contributed by atoms with Gasteiger partial charge >= 0.3 is 0 Å². The van der Waals surface area contributed by atoms with Gasteiger partial charge in [-0.05, 0) is 52.8 Å². The van der Waals surface area contributed by atoms with Crippen molar-refractivity contribution >= 4 is 34.4 Å². The molecular weight excluding hydrogens is 372 g/mol. The van der Waals surface area contributed by atoms with Crippen LogP contribution in [-0.4, -0.2) is 34.8 Å². The van der Waals surface area contributed by atoms with Crippen LogP contribution in [0.2, 0.25) is 0 Å². The Balaban J connectivity index is 2.44. The number of rotatable bonds is 5. The molecule has 1 aromatic heterocycles. The average Bonchev–Trinajstić information content (AvgIpc) is 2.47. The molecule has 0 aliphatic rings. The largest absolute Gasteiger partial charge is 0.492 e. The van der Waals surface area contributed by atoms with Gasteiger partial charge in [-0.2, -0.15) is 14.9 Å². The highest BCUT2D eigenvalue weighted by Crippen LogP contribution is 2.36. The van der Waals surface area contributed by atoms with Gasteiger partial charge in [0.2, 0.25) is 4.77 Å². The normalized spacial score (nSPS) is 10.9. The van der Waals surface area contributed by atoms with E-state index in [-0.39, 0.29) is 4.77 Å². The van der Waals surface area contributed by atoms with Gasteiger partial charge in [0.15, 0.2) is 11.5 Å². The van der Waals surface area contributed by atoms with Crippen molar-refractivity contribution in [3.63, 3.8) is 0 Å². The number of H-pyrrole nitrogens is 1. The second-order valence-corrected chi connectivity index (χ2v) is 5.28. The van der Waals surface area contributed by atoms with Crippen molar-refractivity contribution in [2.75, 3.05) is 13.7 Å². The number of hydrogen-bond acceptors (Lipinski definition) is 6. The quantitative estimate of drug-likeness (QED) is 0.631. The van der Waals surface area contributed by atoms with E-state index >= 15 is 0 Å². The first kappa shape index (κ1) is 16.4. The predicted molar refractivity (Wildman–Crippen MR) is 88.5 cm³/mol. The Hall–Kier alpha value is -2.00. The third-order valence-electron chi connectivity index (χ3n) is 2.59. The van der Waals surface area contributed by atoms with E-state index in [4.69, 9.17) is 21.7 Å². The van der Waals surface area contributed by atoms with Gasteiger partial charge in [0.25, 0.3) is 5.56 Å². The number of aromatic nitrogens is 3. The van der Waals surface area contributed by atoms with Gasteiger partial charge < -0.3 is 9.47 Å². The maximum absolute atomic E-state index is 11.6. The number of aromatic amines is 1. The molecule has 116 valence electrons. The van der Waals surface area contributed by atoms with Crippen molar-refractivity contribution in [2.45, 2.75) is 6.92 Å². The number of benzene rings is 1. The highest BCUT2D eigenvalue weighted by atomic mass is 79.9. The van der Waals surface area contributed by atoms with Crippen molar-refractivity contribution in [3.8, 4) is 11.5 Å². The van der Waals surface area contributed by atoms with Gasteiger partial charge in [0.05, 0.1) is 24.4 Å². The summed E-state index contributed by atoms with van der Waals surface area (Å²) >= 11 is 8.38. The van der Waals surface area contributed by atoms with E-state index in [1.807, 2.05) is 6.92 Å². The first-order chi connectivity index (χ1) is 10.6. The second kappa shape index (κ2) is 7.32. The van der Waals surface area contributed by atoms with Crippen molar-refractivity contribution < 1.29 is 9.47 Å². The lowest BCUT2D eigenvalue weighted by molar-refractivity contribution is 0.310. The minimum Gasteiger partial charge on any atom is -0.492 e. The third kappa shape index (κ3) is 3.60. The molecule has 0 aliphatic carbocycles. The standard InChI is InChI=1S/C13H13BrN4O3S/c1-3-21-10-5-8(4-9(14)12(10)20-2)6-16-18-11(19)7-15-17-13(18)22/h4-7H,3H2,1-2H3,(H,17,22)/b16-6-. The first-order valence-corrected chi connectivity index (χ1v) is 7.48. The zero-order valence-electron chi connectivity index (χ0n) is 11.9. The van der Waals surface area contributed by atoms with Crippen LogP contribution in [-0.2, 0) is 0 Å². The lowest BCUT2D eigenvalue weighted by atomic mass is 10.2. The van der Waals surface area contributed by atoms with E-state index in [1.165, 1.54) is 6.21 Å². The number of ether oxygens (including phenoxy) is 2. The molecule has 2 aromatic rings. The molecule has 0 spiro atoms. The molecule has 0 amide bonds. The van der Waals surface area contributed by atoms with Crippen LogP contribution in [0.15, 0.2) is 32.7 Å². The van der Waals surface area contributed by atoms with Crippen LogP contribution in [0, 0.1) is 4.77 Å². The lowest BCUT2D eigenvalue weighted by Crippen LogP contribution is -2.18. The molecule has 0 unspecified atom stereocenters. The fourth-order valence-corrected chi connectivity index (χ4v) is 2.51. The van der Waals surface area contributed by atoms with Crippen molar-refractivity contribution in [1.82, 2.24) is 14.9 Å². The van der Waals surface area contributed by atoms with Gasteiger partial charge in [-0.1, -0.05) is 0 Å². The van der Waals surface area contributed by atoms with Gasteiger partial charge in [-0.3, -0.25) is 9.89 Å². The van der Waals surface area contributed by atoms with E-state index in [2.05, 4.69) is 31.2 Å². The topological polar surface area (TPSA) is 81.5 Å². The highest BCUT2D eigenvalue weighted by Gasteiger charge is 2.10. The molecule has 2 rings (SSSR count). The minimum absolute atomic E-state index is 0.112. The van der Waals surface area contributed by atoms with Crippen molar-refractivity contribution in [2.24, 2.45) is 5.10 Å². The van der Waals surface area contributed by atoms with Crippen LogP contribution in [0.4, 0.5) is 0 Å². The fraction of sp³-hybridized carbons (Fsp3) is 0.231. The van der Waals surface area contributed by atoms with E-state index in [1.54, 1.807) is 19.2 Å². The van der Waals surface area contributed by atoms with E-state index < -0.39 is 5.56 Å². The molecule has 0 saturated heterocycles. The Morgan fingerprint density at radius 2 is 2.32 bits per heavy atom. The summed E-state index contributed by atoms with van der Waals surface area (Å²) in [5.74, 6) is 1.17. The Bertz CT molecular complexity index is 787. The first-order valence-electron chi connectivity index (χ1n) is 6.28. The lowest BCUT2D eigenvalue weighted by Gasteiger charge is -2.11. The molecule has 0 bridgehead atoms. The predicted octanol–water partition coefficient (Wildman–Crippen LogP) is 2.35.